The van der Waals surface area contributed by atoms with Crippen molar-refractivity contribution < 1.29 is 18.3 Å². The first kappa shape index (κ1) is 18.3. The second kappa shape index (κ2) is 7.52. The number of ketones is 1. The van der Waals surface area contributed by atoms with E-state index >= 15 is 0 Å². The third-order valence-electron chi connectivity index (χ3n) is 5.23. The molecule has 1 fully saturated rings. The van der Waals surface area contributed by atoms with E-state index in [-0.39, 0.29) is 30.5 Å². The van der Waals surface area contributed by atoms with E-state index in [1.807, 2.05) is 18.2 Å². The number of hydrogen-bond acceptors (Lipinski definition) is 4. The molecule has 140 valence electrons. The van der Waals surface area contributed by atoms with Gasteiger partial charge < -0.3 is 4.74 Å². The maximum Gasteiger partial charge on any atom is 0.169 e. The average molecular weight is 387 g/mol. The van der Waals surface area contributed by atoms with E-state index in [9.17, 15) is 13.6 Å². The van der Waals surface area contributed by atoms with Crippen LogP contribution in [0.25, 0.3) is 0 Å². The molecule has 27 heavy (non-hydrogen) atoms. The van der Waals surface area contributed by atoms with Gasteiger partial charge in [0, 0.05) is 22.8 Å². The van der Waals surface area contributed by atoms with Crippen molar-refractivity contribution in [1.29, 1.82) is 0 Å². The summed E-state index contributed by atoms with van der Waals surface area (Å²) in [6, 6.07) is 15.5. The summed E-state index contributed by atoms with van der Waals surface area (Å²) >= 11 is 1.44. The van der Waals surface area contributed by atoms with Crippen molar-refractivity contribution in [2.75, 3.05) is 19.0 Å². The van der Waals surface area contributed by atoms with Crippen LogP contribution in [0.15, 0.2) is 59.6 Å². The first-order valence-electron chi connectivity index (χ1n) is 8.86. The molecule has 0 saturated carbocycles. The predicted octanol–water partition coefficient (Wildman–Crippen LogP) is 4.42. The molecule has 2 aromatic carbocycles. The topological polar surface area (TPSA) is 38.7 Å². The van der Waals surface area contributed by atoms with Crippen molar-refractivity contribution >= 4 is 22.6 Å². The third kappa shape index (κ3) is 3.32. The number of halogens is 2. The van der Waals surface area contributed by atoms with Crippen LogP contribution in [0, 0.1) is 11.7 Å². The standard InChI is InChI=1S/C21H19F2NO2S/c22-11-19-16-12-27-20(10-18(25)14-6-2-1-3-7-14)24-21(16,13-26-19)15-8-4-5-9-17(15)23/h1-9,16,19H,10-13H2/t16-,19?,21-/m1/s1. The molecular weight excluding hydrogens is 368 g/mol. The fourth-order valence-electron chi connectivity index (χ4n) is 3.82. The van der Waals surface area contributed by atoms with Gasteiger partial charge in [-0.3, -0.25) is 9.79 Å². The van der Waals surface area contributed by atoms with Crippen molar-refractivity contribution in [3.05, 3.63) is 71.5 Å². The first-order valence-corrected chi connectivity index (χ1v) is 9.85. The van der Waals surface area contributed by atoms with Crippen LogP contribution in [-0.2, 0) is 10.3 Å². The van der Waals surface area contributed by atoms with Gasteiger partial charge in [-0.15, -0.1) is 11.8 Å². The normalized spacial score (nSPS) is 27.1. The summed E-state index contributed by atoms with van der Waals surface area (Å²) in [6.45, 7) is -0.508. The second-order valence-electron chi connectivity index (χ2n) is 6.80. The molecule has 1 saturated heterocycles. The Labute approximate surface area is 160 Å². The molecule has 2 heterocycles. The number of alkyl halides is 1. The first-order chi connectivity index (χ1) is 13.1. The molecule has 1 unspecified atom stereocenters. The Bertz CT molecular complexity index is 873. The Morgan fingerprint density at radius 3 is 2.67 bits per heavy atom. The van der Waals surface area contributed by atoms with Crippen LogP contribution in [0.3, 0.4) is 0 Å². The van der Waals surface area contributed by atoms with Gasteiger partial charge in [-0.25, -0.2) is 8.78 Å². The molecule has 0 N–H and O–H groups in total. The number of fused-ring (bicyclic) bond motifs is 1. The highest BCUT2D eigenvalue weighted by Crippen LogP contribution is 2.49. The Hall–Kier alpha value is -2.05. The number of aliphatic imine (C=N–C) groups is 1. The minimum Gasteiger partial charge on any atom is -0.372 e. The molecule has 2 aliphatic rings. The molecule has 0 bridgehead atoms. The van der Waals surface area contributed by atoms with Gasteiger partial charge in [0.15, 0.2) is 5.78 Å². The predicted molar refractivity (Wildman–Crippen MR) is 103 cm³/mol. The number of nitrogens with zero attached hydrogens (tertiary/aromatic N) is 1. The van der Waals surface area contributed by atoms with Crippen molar-refractivity contribution in [1.82, 2.24) is 0 Å². The van der Waals surface area contributed by atoms with Crippen LogP contribution in [0.1, 0.15) is 22.3 Å². The number of carbonyl (C=O) groups is 1. The molecule has 3 nitrogen and oxygen atoms in total. The van der Waals surface area contributed by atoms with Gasteiger partial charge in [0.05, 0.1) is 24.2 Å². The van der Waals surface area contributed by atoms with Crippen LogP contribution < -0.4 is 0 Å². The molecule has 0 radical (unpaired) electrons. The van der Waals surface area contributed by atoms with Crippen molar-refractivity contribution in [3.8, 4) is 0 Å². The summed E-state index contributed by atoms with van der Waals surface area (Å²) in [5.41, 5.74) is 0.0581. The number of ether oxygens (including phenoxy) is 1. The Morgan fingerprint density at radius 1 is 1.19 bits per heavy atom. The lowest BCUT2D eigenvalue weighted by Crippen LogP contribution is -2.41. The van der Waals surface area contributed by atoms with E-state index in [1.165, 1.54) is 17.8 Å². The number of rotatable bonds is 5. The molecule has 0 spiro atoms. The highest BCUT2D eigenvalue weighted by Gasteiger charge is 2.54. The van der Waals surface area contributed by atoms with Crippen LogP contribution in [0.2, 0.25) is 0 Å². The summed E-state index contributed by atoms with van der Waals surface area (Å²) in [7, 11) is 0. The van der Waals surface area contributed by atoms with Gasteiger partial charge in [-0.05, 0) is 6.07 Å². The molecule has 2 aromatic rings. The SMILES string of the molecule is O=C(CC1=N[C@@]2(c3ccccc3F)COC(CF)[C@H]2CS1)c1ccccc1. The van der Waals surface area contributed by atoms with Crippen LogP contribution in [0.4, 0.5) is 8.78 Å². The highest BCUT2D eigenvalue weighted by atomic mass is 32.2. The molecule has 3 atom stereocenters. The van der Waals surface area contributed by atoms with Gasteiger partial charge >= 0.3 is 0 Å². The third-order valence-corrected chi connectivity index (χ3v) is 6.33. The fraction of sp³-hybridized carbons (Fsp3) is 0.333. The average Bonchev–Trinajstić information content (AvgIpc) is 3.07. The van der Waals surface area contributed by atoms with E-state index in [0.29, 0.717) is 21.9 Å². The molecule has 0 aliphatic carbocycles. The van der Waals surface area contributed by atoms with Crippen molar-refractivity contribution in [2.45, 2.75) is 18.1 Å². The minimum atomic E-state index is -0.973. The zero-order chi connectivity index (χ0) is 18.9. The van der Waals surface area contributed by atoms with Crippen molar-refractivity contribution in [3.63, 3.8) is 0 Å². The largest absolute Gasteiger partial charge is 0.372 e. The molecule has 4 rings (SSSR count). The van der Waals surface area contributed by atoms with E-state index in [2.05, 4.69) is 0 Å². The van der Waals surface area contributed by atoms with Gasteiger partial charge in [-0.1, -0.05) is 48.5 Å². The van der Waals surface area contributed by atoms with Gasteiger partial charge in [0.1, 0.15) is 18.0 Å². The van der Waals surface area contributed by atoms with E-state index in [0.717, 1.165) is 0 Å². The lowest BCUT2D eigenvalue weighted by atomic mass is 9.79. The summed E-state index contributed by atoms with van der Waals surface area (Å²) in [5.74, 6) is -0.135. The molecule has 0 aromatic heterocycles. The molecule has 6 heteroatoms. The number of hydrogen-bond donors (Lipinski definition) is 0. The van der Waals surface area contributed by atoms with Crippen LogP contribution in [-0.4, -0.2) is 36.0 Å². The van der Waals surface area contributed by atoms with E-state index in [4.69, 9.17) is 9.73 Å². The van der Waals surface area contributed by atoms with E-state index in [1.54, 1.807) is 30.3 Å². The lowest BCUT2D eigenvalue weighted by molar-refractivity contribution is 0.0721. The monoisotopic (exact) mass is 387 g/mol. The minimum absolute atomic E-state index is 0.0371. The Morgan fingerprint density at radius 2 is 1.93 bits per heavy atom. The molecular formula is C21H19F2NO2S. The summed E-state index contributed by atoms with van der Waals surface area (Å²) < 4.78 is 33.7. The molecule has 0 amide bonds. The summed E-state index contributed by atoms with van der Waals surface area (Å²) in [4.78, 5) is 17.4. The smallest absolute Gasteiger partial charge is 0.169 e. The Balaban J connectivity index is 1.70. The summed E-state index contributed by atoms with van der Waals surface area (Å²) in [6.07, 6.45) is -0.454. The fourth-order valence-corrected chi connectivity index (χ4v) is 5.14. The van der Waals surface area contributed by atoms with Gasteiger partial charge in [0.2, 0.25) is 0 Å². The van der Waals surface area contributed by atoms with E-state index < -0.39 is 18.3 Å². The van der Waals surface area contributed by atoms with Gasteiger partial charge in [0.25, 0.3) is 0 Å². The van der Waals surface area contributed by atoms with Crippen LogP contribution >= 0.6 is 11.8 Å². The maximum absolute atomic E-state index is 14.6. The highest BCUT2D eigenvalue weighted by molar-refractivity contribution is 8.14. The number of thioether (sulfide) groups is 1. The summed E-state index contributed by atoms with van der Waals surface area (Å²) in [5, 5.41) is 0.645. The van der Waals surface area contributed by atoms with Crippen molar-refractivity contribution in [2.24, 2.45) is 10.9 Å². The van der Waals surface area contributed by atoms with Crippen LogP contribution in [0.5, 0.6) is 0 Å². The number of Topliss-reactive ketones (excluding diaryl/α,β-unsaturated/α-hetero) is 1. The zero-order valence-electron chi connectivity index (χ0n) is 14.6. The second-order valence-corrected chi connectivity index (χ2v) is 7.89. The zero-order valence-corrected chi connectivity index (χ0v) is 15.4. The molecule has 2 aliphatic heterocycles. The number of carbonyl (C=O) groups excluding carboxylic acids is 1. The Kier molecular flexibility index (Phi) is 5.10. The number of benzene rings is 2. The maximum atomic E-state index is 14.6. The quantitative estimate of drug-likeness (QED) is 0.713. The van der Waals surface area contributed by atoms with Gasteiger partial charge in [-0.2, -0.15) is 0 Å². The lowest BCUT2D eigenvalue weighted by Gasteiger charge is -2.36.